The highest BCUT2D eigenvalue weighted by atomic mass is 32.2. The van der Waals surface area contributed by atoms with Gasteiger partial charge in [-0.15, -0.1) is 0 Å². The summed E-state index contributed by atoms with van der Waals surface area (Å²) in [7, 11) is 3.14. The van der Waals surface area contributed by atoms with E-state index in [1.807, 2.05) is 6.07 Å². The van der Waals surface area contributed by atoms with Crippen LogP contribution >= 0.6 is 11.8 Å². The second kappa shape index (κ2) is 11.3. The summed E-state index contributed by atoms with van der Waals surface area (Å²) < 4.78 is 10.5. The van der Waals surface area contributed by atoms with Gasteiger partial charge in [-0.2, -0.15) is 0 Å². The highest BCUT2D eigenvalue weighted by Crippen LogP contribution is 2.30. The van der Waals surface area contributed by atoms with Crippen LogP contribution in [-0.2, 0) is 4.79 Å². The van der Waals surface area contributed by atoms with E-state index in [-0.39, 0.29) is 11.7 Å². The smallest absolute Gasteiger partial charge is 0.234 e. The highest BCUT2D eigenvalue weighted by Gasteiger charge is 2.20. The van der Waals surface area contributed by atoms with Gasteiger partial charge in [-0.05, 0) is 49.2 Å². The van der Waals surface area contributed by atoms with Crippen LogP contribution in [-0.4, -0.2) is 62.0 Å². The van der Waals surface area contributed by atoms with Gasteiger partial charge >= 0.3 is 0 Å². The van der Waals surface area contributed by atoms with Crippen LogP contribution in [0.15, 0.2) is 53.8 Å². The van der Waals surface area contributed by atoms with Crippen molar-refractivity contribution >= 4 is 34.9 Å². The number of thioether (sulfide) groups is 1. The number of nitrogens with zero attached hydrogens (tertiary/aromatic N) is 4. The molecule has 0 spiro atoms. The van der Waals surface area contributed by atoms with E-state index in [9.17, 15) is 4.79 Å². The number of piperazine rings is 1. The molecule has 4 rings (SSSR count). The molecule has 1 aliphatic rings. The molecule has 0 unspecified atom stereocenters. The Hall–Kier alpha value is -3.46. The third-order valence-corrected chi connectivity index (χ3v) is 6.79. The van der Waals surface area contributed by atoms with Crippen LogP contribution in [0, 0.1) is 13.8 Å². The zero-order chi connectivity index (χ0) is 24.8. The molecular weight excluding hydrogens is 462 g/mol. The standard InChI is InChI=1S/C26H31N5O3S/c1-18-5-6-19(2)21(15-18)30-11-13-31(14-12-30)24-9-10-27-26(29-24)35-17-25(32)28-20-7-8-22(33-3)23(16-20)34-4/h5-10,15-16H,11-14,17H2,1-4H3,(H,28,32). The molecule has 3 aromatic rings. The largest absolute Gasteiger partial charge is 0.493 e. The number of ether oxygens (including phenoxy) is 2. The molecule has 0 bridgehead atoms. The van der Waals surface area contributed by atoms with Gasteiger partial charge in [-0.3, -0.25) is 4.79 Å². The van der Waals surface area contributed by atoms with Crippen molar-refractivity contribution in [3.8, 4) is 11.5 Å². The number of nitrogens with one attached hydrogen (secondary N) is 1. The van der Waals surface area contributed by atoms with E-state index < -0.39 is 0 Å². The predicted octanol–water partition coefficient (Wildman–Crippen LogP) is 4.17. The van der Waals surface area contributed by atoms with E-state index in [0.717, 1.165) is 32.0 Å². The molecule has 0 saturated carbocycles. The van der Waals surface area contributed by atoms with Crippen LogP contribution in [0.3, 0.4) is 0 Å². The Morgan fingerprint density at radius 2 is 1.71 bits per heavy atom. The fraction of sp³-hybridized carbons (Fsp3) is 0.346. The summed E-state index contributed by atoms with van der Waals surface area (Å²) in [5, 5.41) is 3.46. The van der Waals surface area contributed by atoms with Crippen LogP contribution < -0.4 is 24.6 Å². The maximum Gasteiger partial charge on any atom is 0.234 e. The minimum Gasteiger partial charge on any atom is -0.493 e. The van der Waals surface area contributed by atoms with Gasteiger partial charge in [0, 0.05) is 49.8 Å². The van der Waals surface area contributed by atoms with E-state index in [4.69, 9.17) is 14.5 Å². The van der Waals surface area contributed by atoms with Gasteiger partial charge in [-0.25, -0.2) is 9.97 Å². The summed E-state index contributed by atoms with van der Waals surface area (Å²) in [5.41, 5.74) is 4.53. The number of benzene rings is 2. The lowest BCUT2D eigenvalue weighted by Crippen LogP contribution is -2.47. The van der Waals surface area contributed by atoms with Crippen molar-refractivity contribution in [2.24, 2.45) is 0 Å². The second-order valence-electron chi connectivity index (χ2n) is 8.37. The summed E-state index contributed by atoms with van der Waals surface area (Å²) in [5.74, 6) is 2.13. The van der Waals surface area contributed by atoms with E-state index in [2.05, 4.69) is 52.1 Å². The lowest BCUT2D eigenvalue weighted by atomic mass is 10.1. The molecule has 1 aliphatic heterocycles. The third-order valence-electron chi connectivity index (χ3n) is 5.93. The molecule has 0 radical (unpaired) electrons. The molecule has 2 heterocycles. The summed E-state index contributed by atoms with van der Waals surface area (Å²) in [6.45, 7) is 7.93. The molecule has 8 nitrogen and oxygen atoms in total. The fourth-order valence-electron chi connectivity index (χ4n) is 4.06. The maximum absolute atomic E-state index is 12.5. The second-order valence-corrected chi connectivity index (χ2v) is 9.31. The first-order valence-electron chi connectivity index (χ1n) is 11.5. The number of anilines is 3. The first-order valence-corrected chi connectivity index (χ1v) is 12.5. The number of rotatable bonds is 8. The molecule has 1 aromatic heterocycles. The SMILES string of the molecule is COc1ccc(NC(=O)CSc2nccc(N3CCN(c4cc(C)ccc4C)CC3)n2)cc1OC. The Labute approximate surface area is 210 Å². The van der Waals surface area contributed by atoms with Gasteiger partial charge in [-0.1, -0.05) is 23.9 Å². The fourth-order valence-corrected chi connectivity index (χ4v) is 4.68. The zero-order valence-electron chi connectivity index (χ0n) is 20.6. The van der Waals surface area contributed by atoms with Crippen molar-refractivity contribution in [2.75, 3.05) is 61.3 Å². The lowest BCUT2D eigenvalue weighted by molar-refractivity contribution is -0.113. The number of methoxy groups -OCH3 is 2. The average Bonchev–Trinajstić information content (AvgIpc) is 2.89. The average molecular weight is 494 g/mol. The molecule has 1 fully saturated rings. The number of hydrogen-bond donors (Lipinski definition) is 1. The summed E-state index contributed by atoms with van der Waals surface area (Å²) in [6.07, 6.45) is 1.76. The van der Waals surface area contributed by atoms with Crippen LogP contribution in [0.25, 0.3) is 0 Å². The van der Waals surface area contributed by atoms with Crippen LogP contribution in [0.5, 0.6) is 11.5 Å². The molecule has 9 heteroatoms. The van der Waals surface area contributed by atoms with Gasteiger partial charge in [0.05, 0.1) is 20.0 Å². The van der Waals surface area contributed by atoms with Gasteiger partial charge < -0.3 is 24.6 Å². The minimum absolute atomic E-state index is 0.140. The van der Waals surface area contributed by atoms with Gasteiger partial charge in [0.1, 0.15) is 5.82 Å². The van der Waals surface area contributed by atoms with Crippen molar-refractivity contribution < 1.29 is 14.3 Å². The van der Waals surface area contributed by atoms with Crippen molar-refractivity contribution in [1.29, 1.82) is 0 Å². The number of aromatic nitrogens is 2. The molecule has 0 atom stereocenters. The van der Waals surface area contributed by atoms with Crippen molar-refractivity contribution in [2.45, 2.75) is 19.0 Å². The van der Waals surface area contributed by atoms with Crippen molar-refractivity contribution in [3.05, 3.63) is 59.8 Å². The predicted molar refractivity (Wildman–Crippen MR) is 141 cm³/mol. The van der Waals surface area contributed by atoms with Crippen molar-refractivity contribution in [1.82, 2.24) is 9.97 Å². The maximum atomic E-state index is 12.5. The Balaban J connectivity index is 1.31. The Morgan fingerprint density at radius 3 is 2.46 bits per heavy atom. The Bertz CT molecular complexity index is 1180. The van der Waals surface area contributed by atoms with Crippen LogP contribution in [0.2, 0.25) is 0 Å². The van der Waals surface area contributed by atoms with Gasteiger partial charge in [0.15, 0.2) is 16.7 Å². The Kier molecular flexibility index (Phi) is 7.97. The third kappa shape index (κ3) is 6.16. The molecule has 0 aliphatic carbocycles. The number of carbonyl (C=O) groups is 1. The number of amides is 1. The van der Waals surface area contributed by atoms with E-state index >= 15 is 0 Å². The normalized spacial score (nSPS) is 13.5. The van der Waals surface area contributed by atoms with Gasteiger partial charge in [0.25, 0.3) is 0 Å². The molecule has 1 saturated heterocycles. The number of carbonyl (C=O) groups excluding carboxylic acids is 1. The quantitative estimate of drug-likeness (QED) is 0.370. The summed E-state index contributed by atoms with van der Waals surface area (Å²) >= 11 is 1.32. The van der Waals surface area contributed by atoms with Crippen LogP contribution in [0.1, 0.15) is 11.1 Å². The first kappa shape index (κ1) is 24.7. The summed E-state index contributed by atoms with van der Waals surface area (Å²) in [4.78, 5) is 26.2. The van der Waals surface area contributed by atoms with E-state index in [0.29, 0.717) is 22.3 Å². The number of hydrogen-bond acceptors (Lipinski definition) is 8. The zero-order valence-corrected chi connectivity index (χ0v) is 21.4. The lowest BCUT2D eigenvalue weighted by Gasteiger charge is -2.37. The van der Waals surface area contributed by atoms with Crippen molar-refractivity contribution in [3.63, 3.8) is 0 Å². The topological polar surface area (TPSA) is 79.8 Å². The van der Waals surface area contributed by atoms with Gasteiger partial charge in [0.2, 0.25) is 5.91 Å². The number of aryl methyl sites for hydroxylation is 2. The summed E-state index contributed by atoms with van der Waals surface area (Å²) in [6, 6.07) is 13.8. The molecule has 2 aromatic carbocycles. The molecule has 1 amide bonds. The van der Waals surface area contributed by atoms with Crippen LogP contribution in [0.4, 0.5) is 17.2 Å². The van der Waals surface area contributed by atoms with E-state index in [1.54, 1.807) is 38.6 Å². The monoisotopic (exact) mass is 493 g/mol. The van der Waals surface area contributed by atoms with E-state index in [1.165, 1.54) is 28.6 Å². The minimum atomic E-state index is -0.140. The molecular formula is C26H31N5O3S. The highest BCUT2D eigenvalue weighted by molar-refractivity contribution is 7.99. The molecule has 35 heavy (non-hydrogen) atoms. The molecule has 1 N–H and O–H groups in total. The Morgan fingerprint density at radius 1 is 0.971 bits per heavy atom. The first-order chi connectivity index (χ1) is 17.0. The molecule has 184 valence electrons.